The zero-order chi connectivity index (χ0) is 13.6. The molecule has 0 aliphatic carbocycles. The number of carbonyl (C=O) groups excluding carboxylic acids is 1. The zero-order valence-corrected chi connectivity index (χ0v) is 12.2. The van der Waals surface area contributed by atoms with E-state index in [1.165, 1.54) is 0 Å². The van der Waals surface area contributed by atoms with Gasteiger partial charge in [-0.25, -0.2) is 9.97 Å². The molecule has 100 valence electrons. The van der Waals surface area contributed by atoms with Crippen LogP contribution in [0.1, 0.15) is 11.3 Å². The van der Waals surface area contributed by atoms with Crippen LogP contribution in [0, 0.1) is 6.92 Å². The highest BCUT2D eigenvalue weighted by Crippen LogP contribution is 2.30. The predicted molar refractivity (Wildman–Crippen MR) is 76.8 cm³/mol. The molecule has 2 aromatic rings. The van der Waals surface area contributed by atoms with Crippen LogP contribution in [0.4, 0.5) is 5.82 Å². The Labute approximate surface area is 119 Å². The van der Waals surface area contributed by atoms with Crippen LogP contribution in [0.15, 0.2) is 6.07 Å². The first-order valence-corrected chi connectivity index (χ1v) is 7.19. The molecule has 19 heavy (non-hydrogen) atoms. The molecule has 0 radical (unpaired) electrons. The summed E-state index contributed by atoms with van der Waals surface area (Å²) < 4.78 is 0. The Hall–Kier alpha value is -1.40. The number of fused-ring (bicyclic) bond motifs is 1. The van der Waals surface area contributed by atoms with E-state index in [4.69, 9.17) is 11.6 Å². The number of aromatic nitrogens is 2. The van der Waals surface area contributed by atoms with Gasteiger partial charge in [-0.15, -0.1) is 11.3 Å². The summed E-state index contributed by atoms with van der Waals surface area (Å²) in [5, 5.41) is 4.33. The third-order valence-corrected chi connectivity index (χ3v) is 4.34. The lowest BCUT2D eigenvalue weighted by atomic mass is 10.2. The van der Waals surface area contributed by atoms with Gasteiger partial charge < -0.3 is 10.2 Å². The first kappa shape index (κ1) is 12.6. The van der Waals surface area contributed by atoms with E-state index in [-0.39, 0.29) is 17.2 Å². The fourth-order valence-electron chi connectivity index (χ4n) is 2.25. The molecule has 1 aliphatic rings. The van der Waals surface area contributed by atoms with Crippen molar-refractivity contribution in [3.8, 4) is 0 Å². The fourth-order valence-corrected chi connectivity index (χ4v) is 3.35. The first-order valence-electron chi connectivity index (χ1n) is 6.00. The molecule has 1 aliphatic heterocycles. The Bertz CT molecular complexity index is 656. The van der Waals surface area contributed by atoms with Crippen molar-refractivity contribution in [2.45, 2.75) is 19.4 Å². The summed E-state index contributed by atoms with van der Waals surface area (Å²) in [7, 11) is 1.81. The van der Waals surface area contributed by atoms with E-state index in [1.807, 2.05) is 13.0 Å². The van der Waals surface area contributed by atoms with Gasteiger partial charge in [-0.1, -0.05) is 0 Å². The van der Waals surface area contributed by atoms with E-state index in [0.29, 0.717) is 5.82 Å². The maximum Gasteiger partial charge on any atom is 0.244 e. The number of carbonyl (C=O) groups is 1. The Balaban J connectivity index is 1.98. The molecule has 1 atom stereocenters. The van der Waals surface area contributed by atoms with Crippen LogP contribution in [-0.4, -0.2) is 40.4 Å². The van der Waals surface area contributed by atoms with Crippen LogP contribution in [-0.2, 0) is 4.79 Å². The number of hydrogen-bond donors (Lipinski definition) is 1. The molecule has 0 aromatic carbocycles. The number of likely N-dealkylation sites (N-methyl/N-ethyl adjacent to an activating group) is 1. The largest absolute Gasteiger partial charge is 0.358 e. The third kappa shape index (κ3) is 2.26. The highest BCUT2D eigenvalue weighted by molar-refractivity contribution is 7.18. The van der Waals surface area contributed by atoms with Gasteiger partial charge in [0, 0.05) is 18.5 Å². The van der Waals surface area contributed by atoms with E-state index in [2.05, 4.69) is 15.3 Å². The van der Waals surface area contributed by atoms with Gasteiger partial charge in [-0.2, -0.15) is 0 Å². The van der Waals surface area contributed by atoms with E-state index in [1.54, 1.807) is 23.3 Å². The van der Waals surface area contributed by atoms with Crippen LogP contribution < -0.4 is 5.32 Å². The number of amides is 1. The molecule has 0 bridgehead atoms. The third-order valence-electron chi connectivity index (χ3n) is 3.23. The summed E-state index contributed by atoms with van der Waals surface area (Å²) in [6.45, 7) is 2.78. The minimum absolute atomic E-state index is 0.0924. The smallest absolute Gasteiger partial charge is 0.244 e. The summed E-state index contributed by atoms with van der Waals surface area (Å²) in [6, 6.07) is 1.79. The second-order valence-corrected chi connectivity index (χ2v) is 6.24. The van der Waals surface area contributed by atoms with Gasteiger partial charge in [0.25, 0.3) is 0 Å². The number of nitrogens with zero attached hydrogens (tertiary/aromatic N) is 3. The second kappa shape index (κ2) is 4.61. The Morgan fingerprint density at radius 2 is 2.32 bits per heavy atom. The standard InChI is InChI=1S/C12H13ClN4OS/c1-6-5-7-9(15-12(13)16-10(7)19-6)14-8-3-4-17(2)11(8)18/h5,8H,3-4H2,1-2H3,(H,14,15,16). The Kier molecular flexibility index (Phi) is 3.06. The van der Waals surface area contributed by atoms with Crippen molar-refractivity contribution in [3.05, 3.63) is 16.2 Å². The van der Waals surface area contributed by atoms with Gasteiger partial charge in [-0.3, -0.25) is 4.79 Å². The lowest BCUT2D eigenvalue weighted by Gasteiger charge is -2.13. The zero-order valence-electron chi connectivity index (χ0n) is 10.6. The average Bonchev–Trinajstić information content (AvgIpc) is 2.86. The quantitative estimate of drug-likeness (QED) is 0.864. The monoisotopic (exact) mass is 296 g/mol. The number of nitrogens with one attached hydrogen (secondary N) is 1. The Morgan fingerprint density at radius 1 is 1.53 bits per heavy atom. The maximum absolute atomic E-state index is 11.9. The van der Waals surface area contributed by atoms with Gasteiger partial charge in [0.1, 0.15) is 16.7 Å². The second-order valence-electron chi connectivity index (χ2n) is 4.66. The van der Waals surface area contributed by atoms with Gasteiger partial charge >= 0.3 is 0 Å². The predicted octanol–water partition coefficient (Wildman–Crippen LogP) is 2.30. The molecule has 3 heterocycles. The molecular formula is C12H13ClN4OS. The number of likely N-dealkylation sites (tertiary alicyclic amines) is 1. The number of halogens is 1. The molecule has 1 fully saturated rings. The number of thiophene rings is 1. The van der Waals surface area contributed by atoms with Crippen molar-refractivity contribution in [2.75, 3.05) is 18.9 Å². The summed E-state index contributed by atoms with van der Waals surface area (Å²) in [6.07, 6.45) is 0.779. The highest BCUT2D eigenvalue weighted by Gasteiger charge is 2.29. The van der Waals surface area contributed by atoms with Crippen LogP contribution in [0.3, 0.4) is 0 Å². The Morgan fingerprint density at radius 3 is 3.00 bits per heavy atom. The number of rotatable bonds is 2. The molecule has 0 saturated carbocycles. The first-order chi connectivity index (χ1) is 9.04. The van der Waals surface area contributed by atoms with Crippen molar-refractivity contribution in [2.24, 2.45) is 0 Å². The van der Waals surface area contributed by atoms with E-state index in [0.717, 1.165) is 28.1 Å². The van der Waals surface area contributed by atoms with E-state index in [9.17, 15) is 4.79 Å². The molecular weight excluding hydrogens is 284 g/mol. The molecule has 2 aromatic heterocycles. The average molecular weight is 297 g/mol. The molecule has 1 amide bonds. The lowest BCUT2D eigenvalue weighted by molar-refractivity contribution is -0.127. The SMILES string of the molecule is Cc1cc2c(NC3CCN(C)C3=O)nc(Cl)nc2s1. The number of anilines is 1. The molecule has 1 saturated heterocycles. The summed E-state index contributed by atoms with van der Waals surface area (Å²) >= 11 is 7.50. The summed E-state index contributed by atoms with van der Waals surface area (Å²) in [5.74, 6) is 0.739. The molecule has 7 heteroatoms. The van der Waals surface area contributed by atoms with E-state index >= 15 is 0 Å². The minimum Gasteiger partial charge on any atom is -0.358 e. The summed E-state index contributed by atoms with van der Waals surface area (Å²) in [4.78, 5) is 24.1. The van der Waals surface area contributed by atoms with Crippen molar-refractivity contribution < 1.29 is 4.79 Å². The van der Waals surface area contributed by atoms with Crippen LogP contribution in [0.5, 0.6) is 0 Å². The maximum atomic E-state index is 11.9. The lowest BCUT2D eigenvalue weighted by Crippen LogP contribution is -2.31. The van der Waals surface area contributed by atoms with Crippen LogP contribution in [0.2, 0.25) is 5.28 Å². The number of aryl methyl sites for hydroxylation is 1. The van der Waals surface area contributed by atoms with Gasteiger partial charge in [0.15, 0.2) is 0 Å². The molecule has 1 N–H and O–H groups in total. The topological polar surface area (TPSA) is 58.1 Å². The number of hydrogen-bond acceptors (Lipinski definition) is 5. The van der Waals surface area contributed by atoms with Crippen LogP contribution in [0.25, 0.3) is 10.2 Å². The fraction of sp³-hybridized carbons (Fsp3) is 0.417. The van der Waals surface area contributed by atoms with Crippen molar-refractivity contribution in [3.63, 3.8) is 0 Å². The van der Waals surface area contributed by atoms with Crippen molar-refractivity contribution in [1.29, 1.82) is 0 Å². The van der Waals surface area contributed by atoms with Gasteiger partial charge in [0.2, 0.25) is 11.2 Å². The molecule has 1 unspecified atom stereocenters. The van der Waals surface area contributed by atoms with E-state index < -0.39 is 0 Å². The normalized spacial score (nSPS) is 19.4. The van der Waals surface area contributed by atoms with Crippen molar-refractivity contribution >= 4 is 44.9 Å². The molecule has 5 nitrogen and oxygen atoms in total. The van der Waals surface area contributed by atoms with Crippen molar-refractivity contribution in [1.82, 2.24) is 14.9 Å². The van der Waals surface area contributed by atoms with Crippen LogP contribution >= 0.6 is 22.9 Å². The molecule has 0 spiro atoms. The minimum atomic E-state index is -0.223. The highest BCUT2D eigenvalue weighted by atomic mass is 35.5. The van der Waals surface area contributed by atoms with Gasteiger partial charge in [-0.05, 0) is 31.0 Å². The van der Waals surface area contributed by atoms with Gasteiger partial charge in [0.05, 0.1) is 5.39 Å². The summed E-state index contributed by atoms with van der Waals surface area (Å²) in [5.41, 5.74) is 0. The molecule has 3 rings (SSSR count).